The summed E-state index contributed by atoms with van der Waals surface area (Å²) >= 11 is 0. The fourth-order valence-electron chi connectivity index (χ4n) is 7.79. The molecular formula is C49H59N11O13. The van der Waals surface area contributed by atoms with E-state index in [9.17, 15) is 63.0 Å². The summed E-state index contributed by atoms with van der Waals surface area (Å²) in [6.07, 6.45) is -0.936. The lowest BCUT2D eigenvalue weighted by atomic mass is 10.0. The van der Waals surface area contributed by atoms with Crippen LogP contribution in [0, 0.1) is 0 Å². The van der Waals surface area contributed by atoms with Gasteiger partial charge < -0.3 is 68.8 Å². The second-order valence-electron chi connectivity index (χ2n) is 17.2. The maximum atomic E-state index is 14.4. The van der Waals surface area contributed by atoms with Crippen LogP contribution in [-0.2, 0) is 72.0 Å². The van der Waals surface area contributed by atoms with Gasteiger partial charge in [-0.1, -0.05) is 60.7 Å². The van der Waals surface area contributed by atoms with Crippen molar-refractivity contribution in [2.45, 2.75) is 94.5 Å². The second kappa shape index (κ2) is 27.0. The molecule has 388 valence electrons. The van der Waals surface area contributed by atoms with E-state index in [0.717, 1.165) is 0 Å². The van der Waals surface area contributed by atoms with Gasteiger partial charge in [0.05, 0.1) is 13.0 Å². The number of aromatic amines is 1. The number of hydrogen-bond donors (Lipinski definition) is 13. The van der Waals surface area contributed by atoms with Gasteiger partial charge in [0.1, 0.15) is 42.0 Å². The number of aliphatic carboxylic acids is 1. The molecule has 0 unspecified atom stereocenters. The molecule has 1 saturated heterocycles. The van der Waals surface area contributed by atoms with Gasteiger partial charge in [-0.05, 0) is 47.7 Å². The van der Waals surface area contributed by atoms with E-state index in [1.54, 1.807) is 60.8 Å². The van der Waals surface area contributed by atoms with Crippen molar-refractivity contribution in [3.8, 4) is 5.75 Å². The van der Waals surface area contributed by atoms with E-state index in [-0.39, 0.29) is 63.8 Å². The Morgan fingerprint density at radius 3 is 1.97 bits per heavy atom. The highest BCUT2D eigenvalue weighted by atomic mass is 16.4. The Balaban J connectivity index is 1.40. The summed E-state index contributed by atoms with van der Waals surface area (Å²) < 4.78 is 0. The molecule has 0 saturated carbocycles. The van der Waals surface area contributed by atoms with Crippen LogP contribution in [0.2, 0.25) is 0 Å². The largest absolute Gasteiger partial charge is 0.508 e. The number of para-hydroxylation sites is 1. The Morgan fingerprint density at radius 2 is 1.32 bits per heavy atom. The molecule has 3 aromatic carbocycles. The molecule has 24 heteroatoms. The normalized spacial score (nSPS) is 18.6. The summed E-state index contributed by atoms with van der Waals surface area (Å²) in [5, 5.41) is 42.6. The summed E-state index contributed by atoms with van der Waals surface area (Å²) in [4.78, 5) is 149. The third-order valence-electron chi connectivity index (χ3n) is 11.6. The number of phenols is 1. The van der Waals surface area contributed by atoms with Crippen molar-refractivity contribution in [3.05, 3.63) is 102 Å². The van der Waals surface area contributed by atoms with Crippen LogP contribution in [0.25, 0.3) is 10.9 Å². The smallest absolute Gasteiger partial charge is 0.305 e. The molecule has 2 heterocycles. The maximum Gasteiger partial charge on any atom is 0.305 e. The molecular weight excluding hydrogens is 951 g/mol. The van der Waals surface area contributed by atoms with Crippen LogP contribution in [-0.4, -0.2) is 136 Å². The maximum absolute atomic E-state index is 14.4. The van der Waals surface area contributed by atoms with Gasteiger partial charge in [-0.25, -0.2) is 0 Å². The predicted molar refractivity (Wildman–Crippen MR) is 260 cm³/mol. The first kappa shape index (κ1) is 55.1. The molecule has 1 aliphatic heterocycles. The van der Waals surface area contributed by atoms with Crippen molar-refractivity contribution < 1.29 is 63.0 Å². The van der Waals surface area contributed by atoms with E-state index < -0.39 is 114 Å². The quantitative estimate of drug-likeness (QED) is 0.0563. The van der Waals surface area contributed by atoms with Crippen LogP contribution in [0.1, 0.15) is 55.7 Å². The van der Waals surface area contributed by atoms with Gasteiger partial charge in [0, 0.05) is 69.2 Å². The highest BCUT2D eigenvalue weighted by molar-refractivity contribution is 5.98. The van der Waals surface area contributed by atoms with Crippen molar-refractivity contribution in [3.63, 3.8) is 0 Å². The van der Waals surface area contributed by atoms with Gasteiger partial charge >= 0.3 is 5.97 Å². The van der Waals surface area contributed by atoms with Gasteiger partial charge in [-0.3, -0.25) is 52.7 Å². The molecule has 10 amide bonds. The zero-order chi connectivity index (χ0) is 53.0. The number of carbonyl (C=O) groups excluding carboxylic acids is 10. The minimum absolute atomic E-state index is 0.0310. The highest BCUT2D eigenvalue weighted by Gasteiger charge is 2.34. The van der Waals surface area contributed by atoms with Gasteiger partial charge in [0.2, 0.25) is 59.1 Å². The first-order valence-electron chi connectivity index (χ1n) is 23.3. The highest BCUT2D eigenvalue weighted by Crippen LogP contribution is 2.20. The first-order valence-corrected chi connectivity index (χ1v) is 23.3. The van der Waals surface area contributed by atoms with Gasteiger partial charge in [0.15, 0.2) is 0 Å². The number of H-pyrrole nitrogens is 1. The third kappa shape index (κ3) is 17.8. The number of aromatic hydroxyl groups is 1. The number of carboxylic acid groups (broad SMARTS) is 1. The fourth-order valence-corrected chi connectivity index (χ4v) is 7.79. The Kier molecular flexibility index (Phi) is 20.3. The van der Waals surface area contributed by atoms with Gasteiger partial charge in [-0.2, -0.15) is 0 Å². The van der Waals surface area contributed by atoms with Gasteiger partial charge in [0.25, 0.3) is 0 Å². The van der Waals surface area contributed by atoms with E-state index >= 15 is 0 Å². The minimum atomic E-state index is -1.82. The zero-order valence-corrected chi connectivity index (χ0v) is 39.8. The summed E-state index contributed by atoms with van der Waals surface area (Å²) in [7, 11) is 0. The molecule has 0 bridgehead atoms. The number of primary amides is 1. The summed E-state index contributed by atoms with van der Waals surface area (Å²) in [6, 6.07) is 12.5. The lowest BCUT2D eigenvalue weighted by molar-refractivity contribution is -0.141. The van der Waals surface area contributed by atoms with Crippen LogP contribution in [0.15, 0.2) is 85.1 Å². The van der Waals surface area contributed by atoms with E-state index in [4.69, 9.17) is 5.73 Å². The van der Waals surface area contributed by atoms with Crippen LogP contribution in [0.5, 0.6) is 5.75 Å². The molecule has 14 N–H and O–H groups in total. The van der Waals surface area contributed by atoms with Crippen LogP contribution < -0.4 is 53.6 Å². The number of hydrogen-bond acceptors (Lipinski definition) is 12. The zero-order valence-electron chi connectivity index (χ0n) is 39.8. The molecule has 0 aliphatic carbocycles. The van der Waals surface area contributed by atoms with Crippen LogP contribution >= 0.6 is 0 Å². The molecule has 1 aromatic heterocycles. The minimum Gasteiger partial charge on any atom is -0.508 e. The van der Waals surface area contributed by atoms with E-state index in [1.165, 1.54) is 31.2 Å². The van der Waals surface area contributed by atoms with Crippen LogP contribution in [0.3, 0.4) is 0 Å². The third-order valence-corrected chi connectivity index (χ3v) is 11.6. The lowest BCUT2D eigenvalue weighted by Crippen LogP contribution is -2.59. The number of carbonyl (C=O) groups is 11. The summed E-state index contributed by atoms with van der Waals surface area (Å²) in [6.45, 7) is -0.0601. The van der Waals surface area contributed by atoms with Crippen molar-refractivity contribution in [2.75, 3.05) is 19.6 Å². The van der Waals surface area contributed by atoms with Crippen molar-refractivity contribution >= 4 is 75.9 Å². The molecule has 0 spiro atoms. The molecule has 6 atom stereocenters. The SMILES string of the molecule is CC(=O)N[C@@H](Cc1ccc(O)cc1)C(=O)N[C@H]1CCNC(=O)CCC(=O)NCC[C@@H](C(=O)N[C@@H](CC(=O)O)C(=O)N[C@@H](Cc2ccccc2)C(N)=O)NC(=O)[C@H](Cc2c[nH]c3ccccc23)NC(=O)CNC1=O. The molecule has 1 fully saturated rings. The van der Waals surface area contributed by atoms with Gasteiger partial charge in [-0.15, -0.1) is 0 Å². The number of rotatable bonds is 16. The number of benzene rings is 3. The number of nitrogens with one attached hydrogen (secondary N) is 10. The average Bonchev–Trinajstić information content (AvgIpc) is 3.76. The second-order valence-corrected chi connectivity index (χ2v) is 17.2. The van der Waals surface area contributed by atoms with Crippen LogP contribution in [0.4, 0.5) is 0 Å². The van der Waals surface area contributed by atoms with Crippen molar-refractivity contribution in [2.24, 2.45) is 5.73 Å². The average molecular weight is 1010 g/mol. The monoisotopic (exact) mass is 1010 g/mol. The molecule has 73 heavy (non-hydrogen) atoms. The number of amides is 10. The Morgan fingerprint density at radius 1 is 0.685 bits per heavy atom. The number of aromatic nitrogens is 1. The molecule has 5 rings (SSSR count). The number of carboxylic acids is 1. The fraction of sp³-hybridized carbons (Fsp3) is 0.367. The van der Waals surface area contributed by atoms with E-state index in [1.807, 2.05) is 0 Å². The summed E-state index contributed by atoms with van der Waals surface area (Å²) in [5.41, 5.74) is 7.98. The molecule has 1 aliphatic rings. The predicted octanol–water partition coefficient (Wildman–Crippen LogP) is -2.29. The molecule has 0 radical (unpaired) electrons. The Bertz CT molecular complexity index is 2660. The lowest BCUT2D eigenvalue weighted by Gasteiger charge is -2.26. The topological polar surface area (TPSA) is 378 Å². The molecule has 4 aromatic rings. The number of nitrogens with two attached hydrogens (primary N) is 1. The van der Waals surface area contributed by atoms with Crippen molar-refractivity contribution in [1.82, 2.24) is 52.8 Å². The van der Waals surface area contributed by atoms with E-state index in [2.05, 4.69) is 52.8 Å². The molecule has 24 nitrogen and oxygen atoms in total. The van der Waals surface area contributed by atoms with E-state index in [0.29, 0.717) is 27.6 Å². The first-order chi connectivity index (χ1) is 34.8. The Labute approximate surface area is 418 Å². The number of fused-ring (bicyclic) bond motifs is 1. The Hall–Kier alpha value is -8.83. The number of phenolic OH excluding ortho intramolecular Hbond substituents is 1. The standard InChI is InChI=1S/C49H59N11O13/c1-27(61)55-37(22-29-11-13-31(62)14-12-29)47(71)57-34-17-19-51-40(63)15-16-41(64)52-20-18-35(46(70)60-39(24-43(66)67)49(73)59-36(44(50)68)21-28-7-3-2-4-8-28)58-48(72)38(56-42(65)26-54-45(34)69)23-30-25-53-33-10-6-5-9-32(30)33/h2-14,25,34-39,53,62H,15-24,26H2,1H3,(H2,50,68)(H,51,63)(H,52,64)(H,54,69)(H,55,61)(H,56,65)(H,57,71)(H,58,72)(H,59,73)(H,60,70)(H,66,67)/t34-,35-,36-,37-,38-,39-/m0/s1. The summed E-state index contributed by atoms with van der Waals surface area (Å²) in [5.74, 6) is -10.1. The van der Waals surface area contributed by atoms with Crippen molar-refractivity contribution in [1.29, 1.82) is 0 Å².